The minimum absolute atomic E-state index is 0.236. The van der Waals surface area contributed by atoms with Crippen molar-refractivity contribution >= 4 is 5.65 Å². The lowest BCUT2D eigenvalue weighted by Gasteiger charge is -2.15. The monoisotopic (exact) mass is 303 g/mol. The van der Waals surface area contributed by atoms with Gasteiger partial charge in [-0.1, -0.05) is 6.07 Å². The Kier molecular flexibility index (Phi) is 2.92. The quantitative estimate of drug-likeness (QED) is 0.730. The predicted molar refractivity (Wildman–Crippen MR) is 72.8 cm³/mol. The van der Waals surface area contributed by atoms with Crippen molar-refractivity contribution in [3.63, 3.8) is 0 Å². The summed E-state index contributed by atoms with van der Waals surface area (Å²) >= 11 is 0. The van der Waals surface area contributed by atoms with Crippen LogP contribution in [0.15, 0.2) is 36.4 Å². The lowest BCUT2D eigenvalue weighted by Crippen LogP contribution is -2.12. The molecule has 2 aromatic heterocycles. The maximum Gasteiger partial charge on any atom is 0.200 e. The van der Waals surface area contributed by atoms with E-state index in [1.165, 1.54) is 6.07 Å². The second kappa shape index (κ2) is 4.94. The standard InChI is InChI=1S/C15H11F2N3O2/c16-10-5-4-9(8-11(10)17)22-12-6-7-21-14-3-1-2-13-18-19-15(12)20(13)14/h1-5,8,12H,6-7H2. The molecule has 0 amide bonds. The molecular weight excluding hydrogens is 292 g/mol. The molecule has 0 bridgehead atoms. The summed E-state index contributed by atoms with van der Waals surface area (Å²) in [6.45, 7) is 0.427. The fourth-order valence-corrected chi connectivity index (χ4v) is 2.48. The highest BCUT2D eigenvalue weighted by molar-refractivity contribution is 5.43. The molecule has 112 valence electrons. The third-order valence-corrected chi connectivity index (χ3v) is 3.50. The van der Waals surface area contributed by atoms with Crippen molar-refractivity contribution in [2.24, 2.45) is 0 Å². The van der Waals surface area contributed by atoms with Crippen LogP contribution in [0.2, 0.25) is 0 Å². The van der Waals surface area contributed by atoms with Gasteiger partial charge in [0.2, 0.25) is 5.88 Å². The van der Waals surface area contributed by atoms with Gasteiger partial charge in [0.1, 0.15) is 5.75 Å². The summed E-state index contributed by atoms with van der Waals surface area (Å²) in [4.78, 5) is 0. The minimum Gasteiger partial charge on any atom is -0.482 e. The number of halogens is 2. The maximum atomic E-state index is 13.3. The number of aromatic nitrogens is 3. The Labute approximate surface area is 124 Å². The zero-order chi connectivity index (χ0) is 15.1. The van der Waals surface area contributed by atoms with E-state index in [0.717, 1.165) is 12.1 Å². The molecule has 0 fully saturated rings. The van der Waals surface area contributed by atoms with Crippen LogP contribution in [-0.2, 0) is 0 Å². The fraction of sp³-hybridized carbons (Fsp3) is 0.200. The van der Waals surface area contributed by atoms with Gasteiger partial charge >= 0.3 is 0 Å². The van der Waals surface area contributed by atoms with Gasteiger partial charge in [-0.3, -0.25) is 0 Å². The predicted octanol–water partition coefficient (Wildman–Crippen LogP) is 2.91. The first-order chi connectivity index (χ1) is 10.7. The van der Waals surface area contributed by atoms with Crippen molar-refractivity contribution in [3.05, 3.63) is 53.9 Å². The van der Waals surface area contributed by atoms with Crippen LogP contribution in [0, 0.1) is 11.6 Å². The van der Waals surface area contributed by atoms with Crippen LogP contribution in [0.4, 0.5) is 8.78 Å². The molecule has 0 saturated heterocycles. The van der Waals surface area contributed by atoms with Gasteiger partial charge in [0.15, 0.2) is 29.2 Å². The Morgan fingerprint density at radius 2 is 2.05 bits per heavy atom. The number of pyridine rings is 1. The van der Waals surface area contributed by atoms with E-state index < -0.39 is 17.7 Å². The van der Waals surface area contributed by atoms with E-state index in [-0.39, 0.29) is 5.75 Å². The molecular formula is C15H11F2N3O2. The van der Waals surface area contributed by atoms with Gasteiger partial charge in [-0.15, -0.1) is 10.2 Å². The van der Waals surface area contributed by atoms with Gasteiger partial charge in [-0.2, -0.15) is 0 Å². The van der Waals surface area contributed by atoms with Crippen LogP contribution < -0.4 is 9.47 Å². The number of hydrogen-bond donors (Lipinski definition) is 0. The lowest BCUT2D eigenvalue weighted by atomic mass is 10.2. The molecule has 1 atom stereocenters. The van der Waals surface area contributed by atoms with Crippen molar-refractivity contribution in [2.45, 2.75) is 12.5 Å². The van der Waals surface area contributed by atoms with Gasteiger partial charge in [0.25, 0.3) is 0 Å². The van der Waals surface area contributed by atoms with Crippen molar-refractivity contribution in [3.8, 4) is 11.6 Å². The average Bonchev–Trinajstić information content (AvgIpc) is 2.86. The number of benzene rings is 1. The van der Waals surface area contributed by atoms with Crippen LogP contribution in [0.25, 0.3) is 5.65 Å². The lowest BCUT2D eigenvalue weighted by molar-refractivity contribution is 0.165. The number of hydrogen-bond acceptors (Lipinski definition) is 4. The SMILES string of the molecule is Fc1ccc(OC2CCOc3cccc4nnc2n34)cc1F. The fourth-order valence-electron chi connectivity index (χ4n) is 2.48. The molecule has 0 N–H and O–H groups in total. The average molecular weight is 303 g/mol. The van der Waals surface area contributed by atoms with Crippen molar-refractivity contribution in [1.29, 1.82) is 0 Å². The summed E-state index contributed by atoms with van der Waals surface area (Å²) in [5, 5.41) is 8.22. The summed E-state index contributed by atoms with van der Waals surface area (Å²) in [6.07, 6.45) is 0.0672. The van der Waals surface area contributed by atoms with E-state index in [1.807, 2.05) is 18.2 Å². The number of ether oxygens (including phenoxy) is 2. The molecule has 0 spiro atoms. The van der Waals surface area contributed by atoms with E-state index >= 15 is 0 Å². The first-order valence-corrected chi connectivity index (χ1v) is 6.81. The molecule has 1 aliphatic rings. The Bertz CT molecular complexity index is 850. The molecule has 3 aromatic rings. The molecule has 3 heterocycles. The summed E-state index contributed by atoms with van der Waals surface area (Å²) in [5.41, 5.74) is 0.647. The second-order valence-corrected chi connectivity index (χ2v) is 4.94. The van der Waals surface area contributed by atoms with Crippen LogP contribution in [0.1, 0.15) is 18.3 Å². The summed E-state index contributed by atoms with van der Waals surface area (Å²) in [6, 6.07) is 8.90. The highest BCUT2D eigenvalue weighted by Gasteiger charge is 2.25. The maximum absolute atomic E-state index is 13.3. The van der Waals surface area contributed by atoms with E-state index in [2.05, 4.69) is 10.2 Å². The molecule has 22 heavy (non-hydrogen) atoms. The van der Waals surface area contributed by atoms with Crippen molar-refractivity contribution < 1.29 is 18.3 Å². The van der Waals surface area contributed by atoms with E-state index in [1.54, 1.807) is 4.40 Å². The molecule has 1 aromatic carbocycles. The summed E-state index contributed by atoms with van der Waals surface area (Å²) in [7, 11) is 0. The largest absolute Gasteiger partial charge is 0.482 e. The minimum atomic E-state index is -0.950. The normalized spacial score (nSPS) is 17.1. The molecule has 5 nitrogen and oxygen atoms in total. The Morgan fingerprint density at radius 1 is 1.14 bits per heavy atom. The van der Waals surface area contributed by atoms with Gasteiger partial charge in [-0.05, 0) is 24.3 Å². The van der Waals surface area contributed by atoms with Gasteiger partial charge in [0, 0.05) is 12.5 Å². The molecule has 0 aliphatic carbocycles. The Hall–Kier alpha value is -2.70. The Morgan fingerprint density at radius 3 is 2.91 bits per heavy atom. The molecule has 0 saturated carbocycles. The van der Waals surface area contributed by atoms with E-state index in [9.17, 15) is 8.78 Å². The first-order valence-electron chi connectivity index (χ1n) is 6.81. The molecule has 1 aliphatic heterocycles. The Balaban J connectivity index is 1.74. The molecule has 7 heteroatoms. The molecule has 1 unspecified atom stereocenters. The van der Waals surface area contributed by atoms with E-state index in [4.69, 9.17) is 9.47 Å². The third-order valence-electron chi connectivity index (χ3n) is 3.50. The molecule has 0 radical (unpaired) electrons. The number of rotatable bonds is 2. The summed E-state index contributed by atoms with van der Waals surface area (Å²) in [5.74, 6) is -0.414. The zero-order valence-electron chi connectivity index (χ0n) is 11.4. The topological polar surface area (TPSA) is 48.7 Å². The van der Waals surface area contributed by atoms with Gasteiger partial charge in [-0.25, -0.2) is 13.2 Å². The zero-order valence-corrected chi connectivity index (χ0v) is 11.4. The smallest absolute Gasteiger partial charge is 0.200 e. The van der Waals surface area contributed by atoms with Crippen molar-refractivity contribution in [1.82, 2.24) is 14.6 Å². The van der Waals surface area contributed by atoms with Crippen LogP contribution in [0.3, 0.4) is 0 Å². The van der Waals surface area contributed by atoms with E-state index in [0.29, 0.717) is 30.4 Å². The van der Waals surface area contributed by atoms with Crippen LogP contribution in [0.5, 0.6) is 11.6 Å². The van der Waals surface area contributed by atoms with Crippen LogP contribution >= 0.6 is 0 Å². The second-order valence-electron chi connectivity index (χ2n) is 4.94. The third kappa shape index (κ3) is 2.05. The number of nitrogens with zero attached hydrogens (tertiary/aromatic N) is 3. The molecule has 4 rings (SSSR count). The van der Waals surface area contributed by atoms with Crippen LogP contribution in [-0.4, -0.2) is 21.2 Å². The van der Waals surface area contributed by atoms with Gasteiger partial charge in [0.05, 0.1) is 6.61 Å². The summed E-state index contributed by atoms with van der Waals surface area (Å²) < 4.78 is 39.5. The first kappa shape index (κ1) is 13.0. The van der Waals surface area contributed by atoms with Crippen molar-refractivity contribution in [2.75, 3.05) is 6.61 Å². The highest BCUT2D eigenvalue weighted by Crippen LogP contribution is 2.30. The van der Waals surface area contributed by atoms with Gasteiger partial charge < -0.3 is 9.47 Å². The highest BCUT2D eigenvalue weighted by atomic mass is 19.2.